The maximum atomic E-state index is 12.5. The fourth-order valence-corrected chi connectivity index (χ4v) is 2.69. The van der Waals surface area contributed by atoms with E-state index in [0.29, 0.717) is 17.7 Å². The average molecular weight is 274 g/mol. The Morgan fingerprint density at radius 2 is 1.95 bits per heavy atom. The molecule has 0 radical (unpaired) electrons. The van der Waals surface area contributed by atoms with Gasteiger partial charge in [-0.1, -0.05) is 31.2 Å². The Morgan fingerprint density at radius 3 is 2.50 bits per heavy atom. The third kappa shape index (κ3) is 2.75. The summed E-state index contributed by atoms with van der Waals surface area (Å²) in [6.07, 6.45) is 9.99. The fourth-order valence-electron chi connectivity index (χ4n) is 2.69. The molecule has 0 saturated carbocycles. The van der Waals surface area contributed by atoms with Gasteiger partial charge in [-0.2, -0.15) is 0 Å². The SMILES string of the molecule is C/C=C\C1=C(/C=C\CC)C(=O)N(C2CCCNC2)C1=O. The second-order valence-corrected chi connectivity index (χ2v) is 5.12. The van der Waals surface area contributed by atoms with Gasteiger partial charge in [0.2, 0.25) is 0 Å². The van der Waals surface area contributed by atoms with Crippen LogP contribution in [0.1, 0.15) is 33.1 Å². The van der Waals surface area contributed by atoms with E-state index in [1.807, 2.05) is 26.0 Å². The zero-order valence-electron chi connectivity index (χ0n) is 12.2. The van der Waals surface area contributed by atoms with E-state index in [1.54, 1.807) is 12.2 Å². The smallest absolute Gasteiger partial charge is 0.261 e. The maximum Gasteiger partial charge on any atom is 0.261 e. The van der Waals surface area contributed by atoms with Crippen molar-refractivity contribution in [3.8, 4) is 0 Å². The second kappa shape index (κ2) is 6.66. The molecule has 0 aromatic carbocycles. The number of carbonyl (C=O) groups is 2. The molecule has 0 spiro atoms. The first-order valence-corrected chi connectivity index (χ1v) is 7.32. The van der Waals surface area contributed by atoms with Crippen molar-refractivity contribution in [2.24, 2.45) is 0 Å². The minimum atomic E-state index is -0.155. The Balaban J connectivity index is 2.30. The summed E-state index contributed by atoms with van der Waals surface area (Å²) in [6, 6.07) is -0.0171. The predicted molar refractivity (Wildman–Crippen MR) is 79.0 cm³/mol. The molecule has 0 bridgehead atoms. The summed E-state index contributed by atoms with van der Waals surface area (Å²) in [6.45, 7) is 5.53. The van der Waals surface area contributed by atoms with Crippen LogP contribution in [0.15, 0.2) is 35.5 Å². The number of allylic oxidation sites excluding steroid dienone is 2. The van der Waals surface area contributed by atoms with Crippen LogP contribution in [-0.4, -0.2) is 35.8 Å². The zero-order chi connectivity index (χ0) is 14.5. The van der Waals surface area contributed by atoms with E-state index in [9.17, 15) is 9.59 Å². The van der Waals surface area contributed by atoms with Crippen molar-refractivity contribution < 1.29 is 9.59 Å². The van der Waals surface area contributed by atoms with E-state index < -0.39 is 0 Å². The van der Waals surface area contributed by atoms with Gasteiger partial charge in [0.25, 0.3) is 11.8 Å². The molecule has 1 fully saturated rings. The minimum absolute atomic E-state index is 0.0171. The van der Waals surface area contributed by atoms with Gasteiger partial charge < -0.3 is 5.32 Å². The van der Waals surface area contributed by atoms with E-state index in [-0.39, 0.29) is 17.9 Å². The Bertz CT molecular complexity index is 483. The summed E-state index contributed by atoms with van der Waals surface area (Å²) in [4.78, 5) is 26.5. The number of rotatable bonds is 4. The molecule has 0 aromatic heterocycles. The molecule has 20 heavy (non-hydrogen) atoms. The molecular weight excluding hydrogens is 252 g/mol. The first-order valence-electron chi connectivity index (χ1n) is 7.32. The fraction of sp³-hybridized carbons (Fsp3) is 0.500. The number of piperidine rings is 1. The van der Waals surface area contributed by atoms with Gasteiger partial charge in [-0.25, -0.2) is 0 Å². The van der Waals surface area contributed by atoms with Crippen LogP contribution in [0.2, 0.25) is 0 Å². The number of nitrogens with one attached hydrogen (secondary N) is 1. The highest BCUT2D eigenvalue weighted by molar-refractivity contribution is 6.22. The number of amides is 2. The molecule has 4 heteroatoms. The lowest BCUT2D eigenvalue weighted by atomic mass is 10.1. The Hall–Kier alpha value is -1.68. The molecule has 1 saturated heterocycles. The molecule has 2 rings (SSSR count). The Kier molecular flexibility index (Phi) is 4.90. The molecule has 2 amide bonds. The first-order chi connectivity index (χ1) is 9.70. The van der Waals surface area contributed by atoms with Crippen molar-refractivity contribution in [1.29, 1.82) is 0 Å². The minimum Gasteiger partial charge on any atom is -0.315 e. The first kappa shape index (κ1) is 14.7. The van der Waals surface area contributed by atoms with Crippen LogP contribution in [-0.2, 0) is 9.59 Å². The average Bonchev–Trinajstić information content (AvgIpc) is 2.69. The molecule has 2 aliphatic heterocycles. The van der Waals surface area contributed by atoms with Crippen molar-refractivity contribution in [3.05, 3.63) is 35.5 Å². The lowest BCUT2D eigenvalue weighted by Crippen LogP contribution is -2.49. The number of carbonyl (C=O) groups excluding carboxylic acids is 2. The molecule has 1 unspecified atom stereocenters. The maximum absolute atomic E-state index is 12.5. The lowest BCUT2D eigenvalue weighted by Gasteiger charge is -2.30. The topological polar surface area (TPSA) is 49.4 Å². The second-order valence-electron chi connectivity index (χ2n) is 5.12. The molecular formula is C16H22N2O2. The monoisotopic (exact) mass is 274 g/mol. The van der Waals surface area contributed by atoms with E-state index in [0.717, 1.165) is 25.8 Å². The zero-order valence-corrected chi connectivity index (χ0v) is 12.2. The van der Waals surface area contributed by atoms with E-state index in [2.05, 4.69) is 5.32 Å². The quantitative estimate of drug-likeness (QED) is 0.797. The summed E-state index contributed by atoms with van der Waals surface area (Å²) in [7, 11) is 0. The van der Waals surface area contributed by atoms with Crippen LogP contribution < -0.4 is 5.32 Å². The standard InChI is InChI=1S/C16H22N2O2/c1-3-5-9-14-13(7-4-2)15(19)18(16(14)20)12-8-6-10-17-11-12/h4-5,7,9,12,17H,3,6,8,10-11H2,1-2H3/b7-4-,9-5-. The Labute approximate surface area is 120 Å². The Morgan fingerprint density at radius 1 is 1.25 bits per heavy atom. The number of hydrogen-bond donors (Lipinski definition) is 1. The van der Waals surface area contributed by atoms with Crippen molar-refractivity contribution in [1.82, 2.24) is 10.2 Å². The van der Waals surface area contributed by atoms with Gasteiger partial charge in [0.15, 0.2) is 0 Å². The molecule has 0 aliphatic carbocycles. The van der Waals surface area contributed by atoms with Crippen molar-refractivity contribution >= 4 is 11.8 Å². The van der Waals surface area contributed by atoms with Gasteiger partial charge in [0.1, 0.15) is 0 Å². The van der Waals surface area contributed by atoms with E-state index in [1.165, 1.54) is 4.90 Å². The highest BCUT2D eigenvalue weighted by Gasteiger charge is 2.40. The molecule has 2 aliphatic rings. The molecule has 4 nitrogen and oxygen atoms in total. The van der Waals surface area contributed by atoms with Crippen LogP contribution in [0.5, 0.6) is 0 Å². The molecule has 1 atom stereocenters. The molecule has 1 N–H and O–H groups in total. The van der Waals surface area contributed by atoms with Crippen LogP contribution in [0, 0.1) is 0 Å². The van der Waals surface area contributed by atoms with Crippen molar-refractivity contribution in [2.45, 2.75) is 39.2 Å². The number of hydrogen-bond acceptors (Lipinski definition) is 3. The van der Waals surface area contributed by atoms with Gasteiger partial charge in [0.05, 0.1) is 17.2 Å². The third-order valence-electron chi connectivity index (χ3n) is 3.68. The summed E-state index contributed by atoms with van der Waals surface area (Å²) in [5.74, 6) is -0.306. The van der Waals surface area contributed by atoms with Gasteiger partial charge in [0, 0.05) is 6.54 Å². The van der Waals surface area contributed by atoms with Crippen molar-refractivity contribution in [3.63, 3.8) is 0 Å². The van der Waals surface area contributed by atoms with E-state index in [4.69, 9.17) is 0 Å². The predicted octanol–water partition coefficient (Wildman–Crippen LogP) is 1.95. The lowest BCUT2D eigenvalue weighted by molar-refractivity contribution is -0.140. The summed E-state index contributed by atoms with van der Waals surface area (Å²) >= 11 is 0. The van der Waals surface area contributed by atoms with Crippen LogP contribution in [0.3, 0.4) is 0 Å². The van der Waals surface area contributed by atoms with Gasteiger partial charge >= 0.3 is 0 Å². The molecule has 2 heterocycles. The highest BCUT2D eigenvalue weighted by atomic mass is 16.2. The van der Waals surface area contributed by atoms with Crippen LogP contribution in [0.4, 0.5) is 0 Å². The highest BCUT2D eigenvalue weighted by Crippen LogP contribution is 2.27. The van der Waals surface area contributed by atoms with Crippen molar-refractivity contribution in [2.75, 3.05) is 13.1 Å². The van der Waals surface area contributed by atoms with Gasteiger partial charge in [-0.05, 0) is 32.7 Å². The summed E-state index contributed by atoms with van der Waals surface area (Å²) < 4.78 is 0. The third-order valence-corrected chi connectivity index (χ3v) is 3.68. The van der Waals surface area contributed by atoms with Gasteiger partial charge in [-0.15, -0.1) is 0 Å². The number of imide groups is 1. The molecule has 108 valence electrons. The van der Waals surface area contributed by atoms with Crippen LogP contribution in [0.25, 0.3) is 0 Å². The molecule has 0 aromatic rings. The summed E-state index contributed by atoms with van der Waals surface area (Å²) in [5.41, 5.74) is 1.05. The number of nitrogens with zero attached hydrogens (tertiary/aromatic N) is 1. The summed E-state index contributed by atoms with van der Waals surface area (Å²) in [5, 5.41) is 3.26. The van der Waals surface area contributed by atoms with Crippen LogP contribution >= 0.6 is 0 Å². The van der Waals surface area contributed by atoms with E-state index >= 15 is 0 Å². The van der Waals surface area contributed by atoms with Gasteiger partial charge in [-0.3, -0.25) is 14.5 Å². The normalized spacial score (nSPS) is 24.7. The largest absolute Gasteiger partial charge is 0.315 e.